The van der Waals surface area contributed by atoms with Crippen LogP contribution in [0.3, 0.4) is 0 Å². The maximum Gasteiger partial charge on any atom is 0.319 e. The average Bonchev–Trinajstić information content (AvgIpc) is 3.39. The maximum absolute atomic E-state index is 16.0. The van der Waals surface area contributed by atoms with Gasteiger partial charge in [-0.1, -0.05) is 24.8 Å². The number of anilines is 1. The first kappa shape index (κ1) is 27.6. The van der Waals surface area contributed by atoms with Gasteiger partial charge in [-0.15, -0.1) is 0 Å². The molecule has 1 aliphatic carbocycles. The first-order valence-electron chi connectivity index (χ1n) is 14.7. The molecule has 41 heavy (non-hydrogen) atoms. The molecule has 3 aromatic rings. The number of nitrogens with zero attached hydrogens (tertiary/aromatic N) is 5. The van der Waals surface area contributed by atoms with Crippen molar-refractivity contribution in [1.29, 1.82) is 0 Å². The van der Waals surface area contributed by atoms with E-state index >= 15 is 4.39 Å². The van der Waals surface area contributed by atoms with Crippen molar-refractivity contribution < 1.29 is 18.3 Å². The van der Waals surface area contributed by atoms with Gasteiger partial charge >= 0.3 is 6.01 Å². The number of carbonyl (C=O) groups excluding carboxylic acids is 1. The minimum Gasteiger partial charge on any atom is -0.462 e. The molecule has 0 spiro atoms. The van der Waals surface area contributed by atoms with Crippen molar-refractivity contribution in [1.82, 2.24) is 19.8 Å². The number of likely N-dealkylation sites (N-methyl/N-ethyl adjacent to an activating group) is 1. The van der Waals surface area contributed by atoms with Crippen LogP contribution in [0.5, 0.6) is 6.01 Å². The number of rotatable bonds is 6. The van der Waals surface area contributed by atoms with Crippen LogP contribution >= 0.6 is 0 Å². The van der Waals surface area contributed by atoms with Crippen molar-refractivity contribution >= 4 is 22.6 Å². The quantitative estimate of drug-likeness (QED) is 0.381. The van der Waals surface area contributed by atoms with E-state index in [0.29, 0.717) is 54.6 Å². The number of halogens is 2. The van der Waals surface area contributed by atoms with Crippen molar-refractivity contribution in [2.45, 2.75) is 57.5 Å². The lowest BCUT2D eigenvalue weighted by Gasteiger charge is -2.40. The minimum atomic E-state index is -0.969. The second-order valence-electron chi connectivity index (χ2n) is 11.6. The predicted molar refractivity (Wildman–Crippen MR) is 156 cm³/mol. The van der Waals surface area contributed by atoms with Gasteiger partial charge in [0.2, 0.25) is 0 Å². The molecule has 1 aromatic heterocycles. The summed E-state index contributed by atoms with van der Waals surface area (Å²) in [6, 6.07) is 9.87. The van der Waals surface area contributed by atoms with Gasteiger partial charge in [-0.25, -0.2) is 8.78 Å². The highest BCUT2D eigenvalue weighted by atomic mass is 19.1. The third kappa shape index (κ3) is 5.39. The normalized spacial score (nSPS) is 21.3. The summed E-state index contributed by atoms with van der Waals surface area (Å²) in [5.41, 5.74) is 4.57. The van der Waals surface area contributed by atoms with Crippen LogP contribution in [-0.2, 0) is 17.6 Å². The van der Waals surface area contributed by atoms with E-state index in [-0.39, 0.29) is 17.9 Å². The van der Waals surface area contributed by atoms with E-state index in [1.54, 1.807) is 0 Å². The lowest BCUT2D eigenvalue weighted by atomic mass is 9.85. The van der Waals surface area contributed by atoms with E-state index in [1.807, 2.05) is 30.0 Å². The number of piperazine rings is 1. The third-order valence-electron chi connectivity index (χ3n) is 8.93. The van der Waals surface area contributed by atoms with Gasteiger partial charge in [-0.2, -0.15) is 9.97 Å². The fraction of sp³-hybridized carbons (Fsp3) is 0.469. The molecule has 1 amide bonds. The standard InChI is InChI=1S/C32H37F2N5O2/c1-20-18-38(31(40)21(2)33)14-15-39(20)30-27-16-28(34)26(25-12-6-9-22-8-4-5-11-24(22)25)17-29(27)35-32(36-30)41-19-23-10-7-13-37(23)3/h6,9,12,16-17,20,23H,2,4-5,7-8,10-11,13-15,18-19H2,1,3H3/t20-,23-/m0/s1. The summed E-state index contributed by atoms with van der Waals surface area (Å²) < 4.78 is 35.7. The molecule has 3 aliphatic rings. The molecule has 9 heteroatoms. The van der Waals surface area contributed by atoms with E-state index in [4.69, 9.17) is 14.7 Å². The van der Waals surface area contributed by atoms with Crippen molar-refractivity contribution in [3.05, 3.63) is 59.7 Å². The van der Waals surface area contributed by atoms with Crippen LogP contribution in [0, 0.1) is 5.82 Å². The van der Waals surface area contributed by atoms with E-state index in [2.05, 4.69) is 24.6 Å². The first-order valence-corrected chi connectivity index (χ1v) is 14.7. The van der Waals surface area contributed by atoms with Gasteiger partial charge in [0.15, 0.2) is 5.83 Å². The van der Waals surface area contributed by atoms with Gasteiger partial charge in [0.1, 0.15) is 18.2 Å². The Bertz CT molecular complexity index is 1490. The molecule has 0 saturated carbocycles. The van der Waals surface area contributed by atoms with Gasteiger partial charge in [0, 0.05) is 42.7 Å². The topological polar surface area (TPSA) is 61.8 Å². The number of likely N-dealkylation sites (tertiary alicyclic amines) is 1. The van der Waals surface area contributed by atoms with Gasteiger partial charge < -0.3 is 19.4 Å². The zero-order valence-corrected chi connectivity index (χ0v) is 23.8. The molecule has 2 atom stereocenters. The van der Waals surface area contributed by atoms with Crippen LogP contribution in [0.1, 0.15) is 43.7 Å². The molecule has 0 N–H and O–H groups in total. The van der Waals surface area contributed by atoms with Crippen LogP contribution in [0.15, 0.2) is 42.7 Å². The molecule has 7 nitrogen and oxygen atoms in total. The smallest absolute Gasteiger partial charge is 0.319 e. The summed E-state index contributed by atoms with van der Waals surface area (Å²) in [5.74, 6) is -1.43. The molecular weight excluding hydrogens is 524 g/mol. The fourth-order valence-corrected chi connectivity index (χ4v) is 6.62. The van der Waals surface area contributed by atoms with Gasteiger partial charge in [-0.3, -0.25) is 4.79 Å². The van der Waals surface area contributed by atoms with E-state index in [0.717, 1.165) is 50.6 Å². The minimum absolute atomic E-state index is 0.192. The number of amides is 1. The zero-order chi connectivity index (χ0) is 28.7. The molecule has 0 radical (unpaired) electrons. The number of carbonyl (C=O) groups is 1. The lowest BCUT2D eigenvalue weighted by Crippen LogP contribution is -2.54. The Morgan fingerprint density at radius 3 is 2.68 bits per heavy atom. The maximum atomic E-state index is 16.0. The van der Waals surface area contributed by atoms with Crippen LogP contribution < -0.4 is 9.64 Å². The molecule has 2 aliphatic heterocycles. The zero-order valence-electron chi connectivity index (χ0n) is 23.8. The highest BCUT2D eigenvalue weighted by Gasteiger charge is 2.31. The van der Waals surface area contributed by atoms with Crippen molar-refractivity contribution in [2.24, 2.45) is 0 Å². The number of hydrogen-bond donors (Lipinski definition) is 0. The number of aromatic nitrogens is 2. The number of ether oxygens (including phenoxy) is 1. The molecule has 3 heterocycles. The Hall–Kier alpha value is -3.59. The van der Waals surface area contributed by atoms with E-state index < -0.39 is 11.7 Å². The summed E-state index contributed by atoms with van der Waals surface area (Å²) >= 11 is 0. The molecule has 2 fully saturated rings. The first-order chi connectivity index (χ1) is 19.8. The summed E-state index contributed by atoms with van der Waals surface area (Å²) in [5, 5.41) is 0.586. The molecule has 0 bridgehead atoms. The second kappa shape index (κ2) is 11.4. The van der Waals surface area contributed by atoms with Gasteiger partial charge in [-0.05, 0) is 87.9 Å². The number of aryl methyl sites for hydroxylation is 1. The predicted octanol–water partition coefficient (Wildman–Crippen LogP) is 5.31. The molecule has 2 aromatic carbocycles. The molecule has 2 saturated heterocycles. The van der Waals surface area contributed by atoms with Gasteiger partial charge in [0.05, 0.1) is 5.52 Å². The SMILES string of the molecule is C=C(F)C(=O)N1CCN(c2nc(OC[C@@H]3CCCN3C)nc3cc(-c4cccc5c4CCCC5)c(F)cc23)[C@@H](C)C1. The van der Waals surface area contributed by atoms with E-state index in [9.17, 15) is 9.18 Å². The van der Waals surface area contributed by atoms with Crippen LogP contribution in [-0.4, -0.2) is 77.6 Å². The number of benzene rings is 2. The largest absolute Gasteiger partial charge is 0.462 e. The average molecular weight is 562 g/mol. The summed E-state index contributed by atoms with van der Waals surface area (Å²) in [7, 11) is 2.10. The van der Waals surface area contributed by atoms with Crippen LogP contribution in [0.4, 0.5) is 14.6 Å². The Morgan fingerprint density at radius 1 is 1.10 bits per heavy atom. The van der Waals surface area contributed by atoms with E-state index in [1.165, 1.54) is 22.1 Å². The molecule has 6 rings (SSSR count). The molecule has 216 valence electrons. The monoisotopic (exact) mass is 561 g/mol. The van der Waals surface area contributed by atoms with Crippen LogP contribution in [0.2, 0.25) is 0 Å². The third-order valence-corrected chi connectivity index (χ3v) is 8.93. The van der Waals surface area contributed by atoms with Crippen molar-refractivity contribution in [3.8, 4) is 17.1 Å². The number of hydrogen-bond acceptors (Lipinski definition) is 6. The van der Waals surface area contributed by atoms with Crippen molar-refractivity contribution in [2.75, 3.05) is 44.7 Å². The fourth-order valence-electron chi connectivity index (χ4n) is 6.62. The van der Waals surface area contributed by atoms with Crippen molar-refractivity contribution in [3.63, 3.8) is 0 Å². The second-order valence-corrected chi connectivity index (χ2v) is 11.6. The highest BCUT2D eigenvalue weighted by Crippen LogP contribution is 2.37. The number of fused-ring (bicyclic) bond motifs is 2. The summed E-state index contributed by atoms with van der Waals surface area (Å²) in [6.07, 6.45) is 6.39. The Kier molecular flexibility index (Phi) is 7.64. The highest BCUT2D eigenvalue weighted by molar-refractivity contribution is 5.94. The Balaban J connectivity index is 1.41. The summed E-state index contributed by atoms with van der Waals surface area (Å²) in [6.45, 7) is 7.62. The lowest BCUT2D eigenvalue weighted by molar-refractivity contribution is -0.129. The Morgan fingerprint density at radius 2 is 1.93 bits per heavy atom. The molecule has 0 unspecified atom stereocenters. The molecular formula is C32H37F2N5O2. The Labute approximate surface area is 239 Å². The summed E-state index contributed by atoms with van der Waals surface area (Å²) in [4.78, 5) is 27.6. The van der Waals surface area contributed by atoms with Crippen LogP contribution in [0.25, 0.3) is 22.0 Å². The van der Waals surface area contributed by atoms with Gasteiger partial charge in [0.25, 0.3) is 5.91 Å².